The molecule has 2 aromatic heterocycles. The number of benzene rings is 1. The molecule has 3 rings (SSSR count). The summed E-state index contributed by atoms with van der Waals surface area (Å²) >= 11 is 1.67. The van der Waals surface area contributed by atoms with E-state index in [1.807, 2.05) is 25.3 Å². The number of rotatable bonds is 3. The van der Waals surface area contributed by atoms with Gasteiger partial charge in [0.25, 0.3) is 0 Å². The Hall–Kier alpha value is -1.81. The van der Waals surface area contributed by atoms with Gasteiger partial charge in [0, 0.05) is 23.5 Å². The maximum absolute atomic E-state index is 5.77. The Kier molecular flexibility index (Phi) is 2.80. The van der Waals surface area contributed by atoms with Crippen LogP contribution in [0.25, 0.3) is 10.9 Å². The van der Waals surface area contributed by atoms with Crippen LogP contribution in [-0.2, 0) is 6.61 Å². The summed E-state index contributed by atoms with van der Waals surface area (Å²) in [4.78, 5) is 8.67. The standard InChI is InChI=1S/C14H14N2OS/c1-9-5-11-3-4-12(6-14(11)16-9)17-8-13-7-15-10(2)18-13/h3-7,16H,8H2,1-2H3. The first-order valence-corrected chi connectivity index (χ1v) is 6.66. The summed E-state index contributed by atoms with van der Waals surface area (Å²) in [5.41, 5.74) is 2.28. The van der Waals surface area contributed by atoms with Crippen molar-refractivity contribution in [2.24, 2.45) is 0 Å². The minimum Gasteiger partial charge on any atom is -0.488 e. The number of hydrogen-bond acceptors (Lipinski definition) is 3. The molecule has 3 nitrogen and oxygen atoms in total. The number of hydrogen-bond donors (Lipinski definition) is 1. The zero-order chi connectivity index (χ0) is 12.5. The van der Waals surface area contributed by atoms with E-state index in [0.717, 1.165) is 21.2 Å². The molecular weight excluding hydrogens is 244 g/mol. The monoisotopic (exact) mass is 258 g/mol. The van der Waals surface area contributed by atoms with Crippen molar-refractivity contribution < 1.29 is 4.74 Å². The summed E-state index contributed by atoms with van der Waals surface area (Å²) in [6.45, 7) is 4.64. The molecule has 0 bridgehead atoms. The maximum Gasteiger partial charge on any atom is 0.124 e. The summed E-state index contributed by atoms with van der Waals surface area (Å²) in [5.74, 6) is 0.885. The van der Waals surface area contributed by atoms with Gasteiger partial charge in [-0.05, 0) is 37.4 Å². The van der Waals surface area contributed by atoms with Crippen molar-refractivity contribution in [1.29, 1.82) is 0 Å². The second kappa shape index (κ2) is 4.46. The van der Waals surface area contributed by atoms with E-state index in [0.29, 0.717) is 6.61 Å². The minimum atomic E-state index is 0.580. The molecule has 0 radical (unpaired) electrons. The van der Waals surface area contributed by atoms with Gasteiger partial charge in [-0.25, -0.2) is 4.98 Å². The molecule has 1 aromatic carbocycles. The van der Waals surface area contributed by atoms with Crippen molar-refractivity contribution in [2.75, 3.05) is 0 Å². The third-order valence-corrected chi connectivity index (χ3v) is 3.67. The Morgan fingerprint density at radius 2 is 2.17 bits per heavy atom. The Balaban J connectivity index is 1.78. The molecule has 0 amide bonds. The van der Waals surface area contributed by atoms with Gasteiger partial charge >= 0.3 is 0 Å². The van der Waals surface area contributed by atoms with E-state index < -0.39 is 0 Å². The average Bonchev–Trinajstić information content (AvgIpc) is 2.90. The summed E-state index contributed by atoms with van der Waals surface area (Å²) in [6, 6.07) is 8.25. The predicted molar refractivity (Wildman–Crippen MR) is 74.2 cm³/mol. The number of thiazole rings is 1. The van der Waals surface area contributed by atoms with Gasteiger partial charge in [0.15, 0.2) is 0 Å². The van der Waals surface area contributed by atoms with Crippen LogP contribution in [0.2, 0.25) is 0 Å². The lowest BCUT2D eigenvalue weighted by atomic mass is 10.2. The molecule has 0 aliphatic carbocycles. The van der Waals surface area contributed by atoms with Crippen LogP contribution < -0.4 is 4.74 Å². The number of ether oxygens (including phenoxy) is 1. The smallest absolute Gasteiger partial charge is 0.124 e. The van der Waals surface area contributed by atoms with Crippen molar-refractivity contribution in [3.63, 3.8) is 0 Å². The van der Waals surface area contributed by atoms with E-state index in [1.165, 1.54) is 11.1 Å². The molecule has 1 N–H and O–H groups in total. The van der Waals surface area contributed by atoms with E-state index in [9.17, 15) is 0 Å². The summed E-state index contributed by atoms with van der Waals surface area (Å²) in [5, 5.41) is 2.29. The highest BCUT2D eigenvalue weighted by Crippen LogP contribution is 2.22. The van der Waals surface area contributed by atoms with E-state index in [1.54, 1.807) is 11.3 Å². The lowest BCUT2D eigenvalue weighted by molar-refractivity contribution is 0.310. The van der Waals surface area contributed by atoms with Crippen molar-refractivity contribution in [3.05, 3.63) is 46.0 Å². The summed E-state index contributed by atoms with van der Waals surface area (Å²) < 4.78 is 5.77. The van der Waals surface area contributed by atoms with Gasteiger partial charge in [0.2, 0.25) is 0 Å². The zero-order valence-corrected chi connectivity index (χ0v) is 11.2. The Bertz CT molecular complexity index is 684. The number of nitrogens with one attached hydrogen (secondary N) is 1. The van der Waals surface area contributed by atoms with Crippen molar-refractivity contribution >= 4 is 22.2 Å². The molecule has 0 saturated carbocycles. The maximum atomic E-state index is 5.77. The predicted octanol–water partition coefficient (Wildman–Crippen LogP) is 3.82. The highest BCUT2D eigenvalue weighted by molar-refractivity contribution is 7.11. The second-order valence-electron chi connectivity index (χ2n) is 4.34. The van der Waals surface area contributed by atoms with Crippen LogP contribution in [0.15, 0.2) is 30.5 Å². The van der Waals surface area contributed by atoms with Crippen LogP contribution in [0.3, 0.4) is 0 Å². The number of aromatic amines is 1. The molecule has 0 aliphatic rings. The van der Waals surface area contributed by atoms with Gasteiger partial charge in [0.05, 0.1) is 9.88 Å². The number of nitrogens with zero attached hydrogens (tertiary/aromatic N) is 1. The van der Waals surface area contributed by atoms with Gasteiger partial charge in [0.1, 0.15) is 12.4 Å². The van der Waals surface area contributed by atoms with Crippen molar-refractivity contribution in [1.82, 2.24) is 9.97 Å². The van der Waals surface area contributed by atoms with Crippen LogP contribution in [0, 0.1) is 13.8 Å². The third-order valence-electron chi connectivity index (χ3n) is 2.78. The SMILES string of the molecule is Cc1cc2ccc(OCc3cnc(C)s3)cc2[nH]1. The second-order valence-corrected chi connectivity index (χ2v) is 5.65. The molecule has 0 saturated heterocycles. The molecule has 92 valence electrons. The Morgan fingerprint density at radius 3 is 2.94 bits per heavy atom. The molecule has 0 atom stereocenters. The molecule has 2 heterocycles. The molecule has 18 heavy (non-hydrogen) atoms. The molecule has 0 fully saturated rings. The van der Waals surface area contributed by atoms with Crippen LogP contribution in [0.4, 0.5) is 0 Å². The van der Waals surface area contributed by atoms with Crippen LogP contribution in [0.5, 0.6) is 5.75 Å². The molecule has 0 unspecified atom stereocenters. The van der Waals surface area contributed by atoms with Crippen LogP contribution >= 0.6 is 11.3 Å². The highest BCUT2D eigenvalue weighted by atomic mass is 32.1. The Morgan fingerprint density at radius 1 is 1.28 bits per heavy atom. The van der Waals surface area contributed by atoms with Gasteiger partial charge in [-0.3, -0.25) is 0 Å². The van der Waals surface area contributed by atoms with E-state index in [2.05, 4.69) is 29.0 Å². The summed E-state index contributed by atoms with van der Waals surface area (Å²) in [6.07, 6.45) is 1.87. The lowest BCUT2D eigenvalue weighted by Gasteiger charge is -2.04. The van der Waals surface area contributed by atoms with Crippen LogP contribution in [-0.4, -0.2) is 9.97 Å². The first-order chi connectivity index (χ1) is 8.70. The Labute approximate surface area is 109 Å². The highest BCUT2D eigenvalue weighted by Gasteiger charge is 2.02. The largest absolute Gasteiger partial charge is 0.488 e. The average molecular weight is 258 g/mol. The van der Waals surface area contributed by atoms with Gasteiger partial charge < -0.3 is 9.72 Å². The minimum absolute atomic E-state index is 0.580. The molecule has 3 aromatic rings. The number of aromatic nitrogens is 2. The first-order valence-electron chi connectivity index (χ1n) is 5.84. The van der Waals surface area contributed by atoms with E-state index >= 15 is 0 Å². The molecule has 0 aliphatic heterocycles. The first kappa shape index (κ1) is 11.3. The fraction of sp³-hybridized carbons (Fsp3) is 0.214. The van der Waals surface area contributed by atoms with Crippen LogP contribution in [0.1, 0.15) is 15.6 Å². The fourth-order valence-electron chi connectivity index (χ4n) is 1.97. The van der Waals surface area contributed by atoms with E-state index in [-0.39, 0.29) is 0 Å². The normalized spacial score (nSPS) is 11.0. The quantitative estimate of drug-likeness (QED) is 0.775. The third kappa shape index (κ3) is 2.24. The molecule has 4 heteroatoms. The zero-order valence-electron chi connectivity index (χ0n) is 10.4. The molecular formula is C14H14N2OS. The number of H-pyrrole nitrogens is 1. The van der Waals surface area contributed by atoms with Gasteiger partial charge in [-0.1, -0.05) is 0 Å². The lowest BCUT2D eigenvalue weighted by Crippen LogP contribution is -1.92. The van der Waals surface area contributed by atoms with Crippen molar-refractivity contribution in [3.8, 4) is 5.75 Å². The fourth-order valence-corrected chi connectivity index (χ4v) is 2.68. The van der Waals surface area contributed by atoms with Gasteiger partial charge in [-0.2, -0.15) is 0 Å². The number of fused-ring (bicyclic) bond motifs is 1. The van der Waals surface area contributed by atoms with E-state index in [4.69, 9.17) is 4.74 Å². The van der Waals surface area contributed by atoms with Gasteiger partial charge in [-0.15, -0.1) is 11.3 Å². The molecule has 0 spiro atoms. The topological polar surface area (TPSA) is 37.9 Å². The summed E-state index contributed by atoms with van der Waals surface area (Å²) in [7, 11) is 0. The van der Waals surface area contributed by atoms with Crippen molar-refractivity contribution in [2.45, 2.75) is 20.5 Å². The number of aryl methyl sites for hydroxylation is 2.